The number of unbranched alkanes of at least 4 members (excludes halogenated alkanes) is 1. The van der Waals surface area contributed by atoms with Crippen molar-refractivity contribution in [2.24, 2.45) is 5.92 Å². The number of ether oxygens (including phenoxy) is 2. The maximum absolute atomic E-state index is 12.0. The minimum Gasteiger partial charge on any atom is -0.465 e. The largest absolute Gasteiger partial charge is 0.465 e. The first-order chi connectivity index (χ1) is 12.7. The quantitative estimate of drug-likeness (QED) is 0.359. The van der Waals surface area contributed by atoms with E-state index in [-0.39, 0.29) is 5.97 Å². The minimum absolute atomic E-state index is 0.0620. The molecule has 2 rings (SSSR count). The Bertz CT molecular complexity index is 526. The molecule has 0 radical (unpaired) electrons. The number of esters is 1. The molecule has 3 nitrogen and oxygen atoms in total. The molecule has 0 N–H and O–H groups in total. The van der Waals surface area contributed by atoms with E-state index in [0.717, 1.165) is 44.6 Å². The Morgan fingerprint density at radius 1 is 1.31 bits per heavy atom. The zero-order chi connectivity index (χ0) is 18.6. The summed E-state index contributed by atoms with van der Waals surface area (Å²) in [6.07, 6.45) is 7.36. The van der Waals surface area contributed by atoms with Crippen molar-refractivity contribution < 1.29 is 14.3 Å². The van der Waals surface area contributed by atoms with Crippen molar-refractivity contribution in [1.29, 1.82) is 0 Å². The van der Waals surface area contributed by atoms with Gasteiger partial charge in [-0.1, -0.05) is 45.2 Å². The summed E-state index contributed by atoms with van der Waals surface area (Å²) < 4.78 is 10.9. The smallest absolute Gasteiger partial charge is 0.306 e. The molecule has 0 amide bonds. The van der Waals surface area contributed by atoms with Crippen LogP contribution in [-0.4, -0.2) is 31.5 Å². The van der Waals surface area contributed by atoms with Gasteiger partial charge in [-0.25, -0.2) is 0 Å². The maximum atomic E-state index is 12.0. The fraction of sp³-hybridized carbons (Fsp3) is 0.682. The zero-order valence-corrected chi connectivity index (χ0v) is 17.2. The Hall–Kier alpha value is -1.00. The van der Waals surface area contributed by atoms with E-state index < -0.39 is 0 Å². The Labute approximate surface area is 163 Å². The monoisotopic (exact) mass is 378 g/mol. The molecule has 1 unspecified atom stereocenters. The Balaban J connectivity index is 1.69. The fourth-order valence-corrected chi connectivity index (χ4v) is 4.22. The predicted molar refractivity (Wildman–Crippen MR) is 109 cm³/mol. The van der Waals surface area contributed by atoms with Gasteiger partial charge in [-0.3, -0.25) is 4.79 Å². The molecule has 0 bridgehead atoms. The van der Waals surface area contributed by atoms with Gasteiger partial charge in [-0.05, 0) is 48.8 Å². The minimum atomic E-state index is -0.0620. The van der Waals surface area contributed by atoms with Crippen molar-refractivity contribution in [2.75, 3.05) is 25.6 Å². The van der Waals surface area contributed by atoms with Gasteiger partial charge in [0.1, 0.15) is 0 Å². The lowest BCUT2D eigenvalue weighted by Crippen LogP contribution is -2.14. The lowest BCUT2D eigenvalue weighted by Gasteiger charge is -2.22. The highest BCUT2D eigenvalue weighted by Gasteiger charge is 2.16. The number of benzene rings is 1. The molecule has 1 saturated heterocycles. The van der Waals surface area contributed by atoms with Crippen LogP contribution >= 0.6 is 11.8 Å². The Morgan fingerprint density at radius 2 is 2.12 bits per heavy atom. The molecule has 0 saturated carbocycles. The summed E-state index contributed by atoms with van der Waals surface area (Å²) in [5.41, 5.74) is 1.41. The van der Waals surface area contributed by atoms with Crippen LogP contribution in [0.2, 0.25) is 0 Å². The predicted octanol–water partition coefficient (Wildman–Crippen LogP) is 5.82. The van der Waals surface area contributed by atoms with Crippen LogP contribution in [0.15, 0.2) is 29.2 Å². The van der Waals surface area contributed by atoms with Crippen molar-refractivity contribution in [3.8, 4) is 0 Å². The number of rotatable bonds is 11. The Morgan fingerprint density at radius 3 is 2.85 bits per heavy atom. The highest BCUT2D eigenvalue weighted by atomic mass is 32.2. The zero-order valence-electron chi connectivity index (χ0n) is 16.4. The summed E-state index contributed by atoms with van der Waals surface area (Å²) in [5, 5.41) is 0. The molecule has 1 fully saturated rings. The molecule has 1 aliphatic heterocycles. The van der Waals surface area contributed by atoms with Crippen LogP contribution in [0.1, 0.15) is 70.3 Å². The van der Waals surface area contributed by atoms with E-state index in [0.29, 0.717) is 24.9 Å². The van der Waals surface area contributed by atoms with Crippen molar-refractivity contribution in [2.45, 2.75) is 69.6 Å². The van der Waals surface area contributed by atoms with Crippen molar-refractivity contribution in [1.82, 2.24) is 0 Å². The molecule has 1 heterocycles. The average Bonchev–Trinajstić information content (AvgIpc) is 2.69. The highest BCUT2D eigenvalue weighted by Crippen LogP contribution is 2.30. The number of thioether (sulfide) groups is 1. The first-order valence-electron chi connectivity index (χ1n) is 10.2. The Kier molecular flexibility index (Phi) is 10.2. The molecular weight excluding hydrogens is 344 g/mol. The van der Waals surface area contributed by atoms with E-state index in [2.05, 4.69) is 38.1 Å². The van der Waals surface area contributed by atoms with Crippen LogP contribution in [0.4, 0.5) is 0 Å². The molecule has 1 aliphatic rings. The van der Waals surface area contributed by atoms with E-state index in [1.165, 1.54) is 23.3 Å². The van der Waals surface area contributed by atoms with Crippen LogP contribution in [0.3, 0.4) is 0 Å². The van der Waals surface area contributed by atoms with Gasteiger partial charge < -0.3 is 9.47 Å². The maximum Gasteiger partial charge on any atom is 0.306 e. The van der Waals surface area contributed by atoms with Gasteiger partial charge in [-0.2, -0.15) is 0 Å². The molecule has 0 aliphatic carbocycles. The van der Waals surface area contributed by atoms with Crippen molar-refractivity contribution >= 4 is 17.7 Å². The lowest BCUT2D eigenvalue weighted by molar-refractivity contribution is -0.144. The topological polar surface area (TPSA) is 35.5 Å². The van der Waals surface area contributed by atoms with Crippen LogP contribution in [0.25, 0.3) is 0 Å². The molecule has 0 spiro atoms. The SMILES string of the molecule is CCCCC(CC)COC(=O)CCSc1cccc(C2CCOCC2)c1. The van der Waals surface area contributed by atoms with E-state index in [1.54, 1.807) is 11.8 Å². The second kappa shape index (κ2) is 12.4. The molecule has 1 aromatic rings. The summed E-state index contributed by atoms with van der Waals surface area (Å²) in [6, 6.07) is 8.76. The second-order valence-electron chi connectivity index (χ2n) is 7.16. The van der Waals surface area contributed by atoms with Crippen LogP contribution < -0.4 is 0 Å². The van der Waals surface area contributed by atoms with Gasteiger partial charge in [0.15, 0.2) is 0 Å². The summed E-state index contributed by atoms with van der Waals surface area (Å²) in [5.74, 6) is 1.85. The third-order valence-electron chi connectivity index (χ3n) is 5.15. The molecule has 1 atom stereocenters. The number of carbonyl (C=O) groups is 1. The third kappa shape index (κ3) is 7.71. The van der Waals surface area contributed by atoms with Crippen LogP contribution in [0.5, 0.6) is 0 Å². The molecule has 146 valence electrons. The number of carbonyl (C=O) groups excluding carboxylic acids is 1. The number of hydrogen-bond donors (Lipinski definition) is 0. The molecule has 1 aromatic carbocycles. The number of hydrogen-bond acceptors (Lipinski definition) is 4. The summed E-state index contributed by atoms with van der Waals surface area (Å²) in [6.45, 7) is 6.69. The van der Waals surface area contributed by atoms with Gasteiger partial charge in [-0.15, -0.1) is 11.8 Å². The third-order valence-corrected chi connectivity index (χ3v) is 6.14. The average molecular weight is 379 g/mol. The van der Waals surface area contributed by atoms with Gasteiger partial charge in [0.25, 0.3) is 0 Å². The molecule has 26 heavy (non-hydrogen) atoms. The van der Waals surface area contributed by atoms with Crippen molar-refractivity contribution in [3.05, 3.63) is 29.8 Å². The first kappa shape index (κ1) is 21.3. The van der Waals surface area contributed by atoms with Gasteiger partial charge >= 0.3 is 5.97 Å². The van der Waals surface area contributed by atoms with Gasteiger partial charge in [0, 0.05) is 23.9 Å². The fourth-order valence-electron chi connectivity index (χ4n) is 3.32. The lowest BCUT2D eigenvalue weighted by atomic mass is 9.92. The van der Waals surface area contributed by atoms with E-state index in [1.807, 2.05) is 0 Å². The van der Waals surface area contributed by atoms with E-state index in [4.69, 9.17) is 9.47 Å². The summed E-state index contributed by atoms with van der Waals surface area (Å²) in [7, 11) is 0. The first-order valence-corrected chi connectivity index (χ1v) is 11.2. The standard InChI is InChI=1S/C22H34O3S/c1-3-5-7-18(4-2)17-25-22(23)12-15-26-21-9-6-8-20(16-21)19-10-13-24-14-11-19/h6,8-9,16,18-19H,3-5,7,10-15,17H2,1-2H3. The van der Waals surface area contributed by atoms with Crippen molar-refractivity contribution in [3.63, 3.8) is 0 Å². The molecule has 0 aromatic heterocycles. The molecular formula is C22H34O3S. The van der Waals surface area contributed by atoms with Crippen LogP contribution in [0, 0.1) is 5.92 Å². The summed E-state index contributed by atoms with van der Waals surface area (Å²) >= 11 is 1.75. The van der Waals surface area contributed by atoms with E-state index in [9.17, 15) is 4.79 Å². The van der Waals surface area contributed by atoms with E-state index >= 15 is 0 Å². The van der Waals surface area contributed by atoms with Gasteiger partial charge in [0.05, 0.1) is 13.0 Å². The highest BCUT2D eigenvalue weighted by molar-refractivity contribution is 7.99. The normalized spacial score (nSPS) is 16.4. The van der Waals surface area contributed by atoms with Crippen LogP contribution in [-0.2, 0) is 14.3 Å². The second-order valence-corrected chi connectivity index (χ2v) is 8.33. The molecule has 4 heteroatoms. The summed E-state index contributed by atoms with van der Waals surface area (Å²) in [4.78, 5) is 13.2. The van der Waals surface area contributed by atoms with Gasteiger partial charge in [0.2, 0.25) is 0 Å².